The summed E-state index contributed by atoms with van der Waals surface area (Å²) in [6.07, 6.45) is 2.69. The lowest BCUT2D eigenvalue weighted by molar-refractivity contribution is 0.123. The fraction of sp³-hybridized carbons (Fsp3) is 0.333. The van der Waals surface area contributed by atoms with Gasteiger partial charge in [-0.3, -0.25) is 4.72 Å². The average Bonchev–Trinajstić information content (AvgIpc) is 2.59. The fourth-order valence-corrected chi connectivity index (χ4v) is 3.56. The van der Waals surface area contributed by atoms with Gasteiger partial charge in [0.1, 0.15) is 5.60 Å². The van der Waals surface area contributed by atoms with Gasteiger partial charge >= 0.3 is 0 Å². The van der Waals surface area contributed by atoms with Crippen molar-refractivity contribution in [2.45, 2.75) is 50.5 Å². The number of hydrogen-bond acceptors (Lipinski definition) is 3. The number of aliphatic hydroxyl groups is 1. The molecule has 2 aromatic carbocycles. The molecule has 1 atom stereocenters. The van der Waals surface area contributed by atoms with E-state index in [4.69, 9.17) is 0 Å². The minimum atomic E-state index is -3.75. The van der Waals surface area contributed by atoms with Gasteiger partial charge in [-0.1, -0.05) is 61.1 Å². The van der Waals surface area contributed by atoms with Crippen LogP contribution in [0.5, 0.6) is 0 Å². The van der Waals surface area contributed by atoms with Crippen LogP contribution in [0.15, 0.2) is 53.4 Å². The maximum absolute atomic E-state index is 12.7. The Morgan fingerprint density at radius 3 is 2.42 bits per heavy atom. The van der Waals surface area contributed by atoms with Crippen LogP contribution in [-0.2, 0) is 15.6 Å². The highest BCUT2D eigenvalue weighted by molar-refractivity contribution is 7.92. The van der Waals surface area contributed by atoms with Gasteiger partial charge in [0.05, 0.1) is 10.6 Å². The van der Waals surface area contributed by atoms with Crippen LogP contribution in [0.3, 0.4) is 0 Å². The molecular weight excluding hydrogens is 346 g/mol. The number of unbranched alkanes of at least 4 members (excludes halogenated alkanes) is 2. The molecule has 1 unspecified atom stereocenters. The predicted octanol–water partition coefficient (Wildman–Crippen LogP) is 4.20. The molecule has 0 saturated heterocycles. The first-order chi connectivity index (χ1) is 12.3. The van der Waals surface area contributed by atoms with E-state index in [1.807, 2.05) is 6.92 Å². The van der Waals surface area contributed by atoms with Gasteiger partial charge in [0.2, 0.25) is 0 Å². The zero-order valence-electron chi connectivity index (χ0n) is 15.4. The number of rotatable bonds is 6. The Balaban J connectivity index is 2.33. The quantitative estimate of drug-likeness (QED) is 0.591. The summed E-state index contributed by atoms with van der Waals surface area (Å²) in [5.41, 5.74) is 0.289. The van der Waals surface area contributed by atoms with Crippen LogP contribution in [0.2, 0.25) is 0 Å². The lowest BCUT2D eigenvalue weighted by atomic mass is 9.95. The number of sulfonamides is 1. The van der Waals surface area contributed by atoms with Gasteiger partial charge in [0, 0.05) is 12.0 Å². The third kappa shape index (κ3) is 5.10. The third-order valence-electron chi connectivity index (χ3n) is 4.01. The molecule has 2 aromatic rings. The predicted molar refractivity (Wildman–Crippen MR) is 105 cm³/mol. The van der Waals surface area contributed by atoms with Crippen molar-refractivity contribution in [3.63, 3.8) is 0 Å². The first kappa shape index (κ1) is 20.0. The van der Waals surface area contributed by atoms with Gasteiger partial charge in [-0.15, -0.1) is 0 Å². The molecule has 0 amide bonds. The summed E-state index contributed by atoms with van der Waals surface area (Å²) in [6, 6.07) is 13.4. The fourth-order valence-electron chi connectivity index (χ4n) is 2.48. The second kappa shape index (κ2) is 8.39. The molecule has 0 fully saturated rings. The van der Waals surface area contributed by atoms with Gasteiger partial charge in [-0.05, 0) is 38.5 Å². The smallest absolute Gasteiger partial charge is 0.261 e. The van der Waals surface area contributed by atoms with Crippen LogP contribution >= 0.6 is 0 Å². The first-order valence-corrected chi connectivity index (χ1v) is 10.2. The van der Waals surface area contributed by atoms with Crippen molar-refractivity contribution in [1.29, 1.82) is 0 Å². The highest BCUT2D eigenvalue weighted by Crippen LogP contribution is 2.29. The second-order valence-electron chi connectivity index (χ2n) is 6.44. The molecule has 0 aliphatic heterocycles. The lowest BCUT2D eigenvalue weighted by Crippen LogP contribution is -2.22. The van der Waals surface area contributed by atoms with Crippen molar-refractivity contribution >= 4 is 15.7 Å². The molecule has 5 heteroatoms. The van der Waals surface area contributed by atoms with Crippen LogP contribution in [-0.4, -0.2) is 13.5 Å². The van der Waals surface area contributed by atoms with E-state index >= 15 is 0 Å². The normalized spacial score (nSPS) is 13.4. The van der Waals surface area contributed by atoms with E-state index < -0.39 is 15.6 Å². The summed E-state index contributed by atoms with van der Waals surface area (Å²) in [7, 11) is -3.75. The van der Waals surface area contributed by atoms with Crippen LogP contribution in [0.4, 0.5) is 5.69 Å². The molecule has 4 nitrogen and oxygen atoms in total. The average molecular weight is 372 g/mol. The standard InChI is InChI=1S/C21H25NO3S/c1-4-5-6-9-16-21(3,23)19-10-7-8-11-20(19)22-26(24,25)18-14-12-17(2)13-15-18/h7-8,10-15,22-23H,4-6H2,1-3H3. The molecule has 0 aromatic heterocycles. The Kier molecular flexibility index (Phi) is 6.47. The van der Waals surface area contributed by atoms with Crippen molar-refractivity contribution in [3.8, 4) is 11.8 Å². The monoisotopic (exact) mass is 371 g/mol. The molecule has 0 aliphatic carbocycles. The Labute approximate surface area is 156 Å². The molecule has 2 rings (SSSR count). The molecule has 0 radical (unpaired) electrons. The molecule has 2 N–H and O–H groups in total. The molecule has 0 saturated carbocycles. The van der Waals surface area contributed by atoms with Gasteiger partial charge in [-0.25, -0.2) is 8.42 Å². The van der Waals surface area contributed by atoms with Gasteiger partial charge in [0.15, 0.2) is 0 Å². The number of hydrogen-bond donors (Lipinski definition) is 2. The minimum Gasteiger partial charge on any atom is -0.374 e. The van der Waals surface area contributed by atoms with Gasteiger partial charge in [0.25, 0.3) is 10.0 Å². The Bertz CT molecular complexity index is 904. The van der Waals surface area contributed by atoms with Crippen molar-refractivity contribution < 1.29 is 13.5 Å². The van der Waals surface area contributed by atoms with Crippen molar-refractivity contribution in [1.82, 2.24) is 0 Å². The highest BCUT2D eigenvalue weighted by atomic mass is 32.2. The second-order valence-corrected chi connectivity index (χ2v) is 8.12. The first-order valence-electron chi connectivity index (χ1n) is 8.67. The number of anilines is 1. The van der Waals surface area contributed by atoms with Crippen LogP contribution < -0.4 is 4.72 Å². The molecule has 0 spiro atoms. The van der Waals surface area contributed by atoms with Crippen molar-refractivity contribution in [2.75, 3.05) is 4.72 Å². The Hall–Kier alpha value is -2.29. The van der Waals surface area contributed by atoms with Crippen LogP contribution in [0, 0.1) is 18.8 Å². The SMILES string of the molecule is CCCCC#CC(C)(O)c1ccccc1NS(=O)(=O)c1ccc(C)cc1. The van der Waals surface area contributed by atoms with Crippen molar-refractivity contribution in [2.24, 2.45) is 0 Å². The number of para-hydroxylation sites is 1. The Morgan fingerprint density at radius 2 is 1.77 bits per heavy atom. The summed E-state index contributed by atoms with van der Waals surface area (Å²) >= 11 is 0. The number of nitrogens with one attached hydrogen (secondary N) is 1. The van der Waals surface area contributed by atoms with E-state index in [0.717, 1.165) is 18.4 Å². The van der Waals surface area contributed by atoms with Gasteiger partial charge in [-0.2, -0.15) is 0 Å². The van der Waals surface area contributed by atoms with E-state index in [-0.39, 0.29) is 4.90 Å². The molecular formula is C21H25NO3S. The highest BCUT2D eigenvalue weighted by Gasteiger charge is 2.25. The molecule has 0 bridgehead atoms. The lowest BCUT2D eigenvalue weighted by Gasteiger charge is -2.21. The third-order valence-corrected chi connectivity index (χ3v) is 5.40. The van der Waals surface area contributed by atoms with E-state index in [1.54, 1.807) is 55.5 Å². The van der Waals surface area contributed by atoms with Crippen molar-refractivity contribution in [3.05, 3.63) is 59.7 Å². The summed E-state index contributed by atoms with van der Waals surface area (Å²) in [4.78, 5) is 0.173. The maximum atomic E-state index is 12.7. The number of aryl methyl sites for hydroxylation is 1. The van der Waals surface area contributed by atoms with Gasteiger partial charge < -0.3 is 5.11 Å². The molecule has 138 valence electrons. The summed E-state index contributed by atoms with van der Waals surface area (Å²) in [6.45, 7) is 5.55. The van der Waals surface area contributed by atoms with Crippen LogP contribution in [0.25, 0.3) is 0 Å². The van der Waals surface area contributed by atoms with E-state index in [2.05, 4.69) is 23.5 Å². The summed E-state index contributed by atoms with van der Waals surface area (Å²) in [5, 5.41) is 10.8. The number of benzene rings is 2. The minimum absolute atomic E-state index is 0.173. The van der Waals surface area contributed by atoms with E-state index in [1.165, 1.54) is 0 Å². The maximum Gasteiger partial charge on any atom is 0.261 e. The van der Waals surface area contributed by atoms with E-state index in [9.17, 15) is 13.5 Å². The zero-order chi connectivity index (χ0) is 19.2. The largest absolute Gasteiger partial charge is 0.374 e. The van der Waals surface area contributed by atoms with Crippen LogP contribution in [0.1, 0.15) is 44.2 Å². The topological polar surface area (TPSA) is 66.4 Å². The molecule has 0 heterocycles. The summed E-state index contributed by atoms with van der Waals surface area (Å²) in [5.74, 6) is 5.83. The summed E-state index contributed by atoms with van der Waals surface area (Å²) < 4.78 is 27.9. The Morgan fingerprint density at radius 1 is 1.12 bits per heavy atom. The molecule has 26 heavy (non-hydrogen) atoms. The molecule has 0 aliphatic rings. The zero-order valence-corrected chi connectivity index (χ0v) is 16.2. The van der Waals surface area contributed by atoms with E-state index in [0.29, 0.717) is 17.7 Å².